The van der Waals surface area contributed by atoms with Gasteiger partial charge in [-0.3, -0.25) is 5.32 Å². The Hall–Kier alpha value is -1.59. The summed E-state index contributed by atoms with van der Waals surface area (Å²) in [5, 5.41) is 4.21. The Balaban J connectivity index is 3.56. The number of nitrogens with one attached hydrogen (secondary N) is 2. The van der Waals surface area contributed by atoms with Crippen molar-refractivity contribution in [2.24, 2.45) is 10.7 Å². The lowest BCUT2D eigenvalue weighted by molar-refractivity contribution is 0.251. The van der Waals surface area contributed by atoms with Crippen LogP contribution in [0.15, 0.2) is 4.99 Å². The van der Waals surface area contributed by atoms with E-state index >= 15 is 0 Å². The van der Waals surface area contributed by atoms with Gasteiger partial charge in [-0.25, -0.2) is 9.59 Å². The molecule has 0 aliphatic carbocycles. The number of nitrogens with two attached hydrogens (primary N) is 1. The van der Waals surface area contributed by atoms with Crippen molar-refractivity contribution in [1.82, 2.24) is 10.6 Å². The third-order valence-corrected chi connectivity index (χ3v) is 0.602. The van der Waals surface area contributed by atoms with E-state index in [0.717, 1.165) is 6.34 Å². The molecule has 0 saturated carbocycles. The average Bonchev–Trinajstić information content (AvgIpc) is 1.87. The quantitative estimate of drug-likeness (QED) is 0.326. The normalized spacial score (nSPS) is 9.30. The van der Waals surface area contributed by atoms with E-state index in [-0.39, 0.29) is 0 Å². The minimum Gasteiger partial charge on any atom is -0.351 e. The van der Waals surface area contributed by atoms with Crippen molar-refractivity contribution in [2.75, 3.05) is 7.05 Å². The first-order chi connectivity index (χ1) is 4.66. The van der Waals surface area contributed by atoms with Crippen LogP contribution in [-0.2, 0) is 0 Å². The molecule has 4 amide bonds. The highest BCUT2D eigenvalue weighted by Gasteiger charge is 1.88. The molecule has 4 N–H and O–H groups in total. The minimum atomic E-state index is -0.757. The first kappa shape index (κ1) is 8.41. The highest BCUT2D eigenvalue weighted by molar-refractivity contribution is 5.90. The maximum absolute atomic E-state index is 10.3. The number of nitrogens with zero attached hydrogens (tertiary/aromatic N) is 1. The smallest absolute Gasteiger partial charge is 0.342 e. The monoisotopic (exact) mass is 144 g/mol. The van der Waals surface area contributed by atoms with Gasteiger partial charge in [0, 0.05) is 7.05 Å². The molecule has 0 aliphatic rings. The summed E-state index contributed by atoms with van der Waals surface area (Å²) in [5.41, 5.74) is 4.65. The van der Waals surface area contributed by atoms with Crippen molar-refractivity contribution in [2.45, 2.75) is 0 Å². The van der Waals surface area contributed by atoms with Crippen LogP contribution in [0.25, 0.3) is 0 Å². The number of carbonyl (C=O) groups excluding carboxylic acids is 2. The molecule has 0 saturated heterocycles. The number of carbonyl (C=O) groups is 2. The van der Waals surface area contributed by atoms with Gasteiger partial charge in [0.05, 0.1) is 0 Å². The number of rotatable bonds is 1. The Kier molecular flexibility index (Phi) is 3.62. The molecule has 0 bridgehead atoms. The van der Waals surface area contributed by atoms with Crippen LogP contribution in [0.3, 0.4) is 0 Å². The Bertz CT molecular complexity index is 165. The zero-order valence-corrected chi connectivity index (χ0v) is 5.42. The number of hydrogen-bond donors (Lipinski definition) is 3. The van der Waals surface area contributed by atoms with Crippen molar-refractivity contribution in [1.29, 1.82) is 0 Å². The molecule has 0 aromatic heterocycles. The molecule has 0 fully saturated rings. The summed E-state index contributed by atoms with van der Waals surface area (Å²) in [6.07, 6.45) is 0.918. The molecule has 56 valence electrons. The SMILES string of the molecule is CNC(=O)/N=C/NC(N)=O. The van der Waals surface area contributed by atoms with E-state index in [1.807, 2.05) is 5.32 Å². The summed E-state index contributed by atoms with van der Waals surface area (Å²) < 4.78 is 0. The Labute approximate surface area is 57.5 Å². The van der Waals surface area contributed by atoms with E-state index in [2.05, 4.69) is 16.0 Å². The fraction of sp³-hybridized carbons (Fsp3) is 0.250. The number of aliphatic imine (C=N–C) groups is 1. The molecule has 0 aliphatic heterocycles. The van der Waals surface area contributed by atoms with Crippen LogP contribution in [0.5, 0.6) is 0 Å². The fourth-order valence-electron chi connectivity index (χ4n) is 0.219. The second kappa shape index (κ2) is 4.30. The summed E-state index contributed by atoms with van der Waals surface area (Å²) in [6.45, 7) is 0. The molecule has 6 nitrogen and oxygen atoms in total. The van der Waals surface area contributed by atoms with Crippen LogP contribution in [0.1, 0.15) is 0 Å². The van der Waals surface area contributed by atoms with Crippen LogP contribution >= 0.6 is 0 Å². The first-order valence-electron chi connectivity index (χ1n) is 2.47. The topological polar surface area (TPSA) is 96.6 Å². The van der Waals surface area contributed by atoms with Crippen molar-refractivity contribution in [3.05, 3.63) is 0 Å². The summed E-state index contributed by atoms with van der Waals surface area (Å²) >= 11 is 0. The molecule has 0 radical (unpaired) electrons. The molecule has 6 heteroatoms. The molecule has 10 heavy (non-hydrogen) atoms. The number of urea groups is 2. The minimum absolute atomic E-state index is 0.547. The second-order valence-electron chi connectivity index (χ2n) is 1.32. The summed E-state index contributed by atoms with van der Waals surface area (Å²) in [4.78, 5) is 23.4. The van der Waals surface area contributed by atoms with E-state index in [1.54, 1.807) is 0 Å². The molecule has 0 atom stereocenters. The Morgan fingerprint density at radius 3 is 2.60 bits per heavy atom. The molecule has 0 heterocycles. The Morgan fingerprint density at radius 1 is 1.60 bits per heavy atom. The molecule has 0 unspecified atom stereocenters. The van der Waals surface area contributed by atoms with Gasteiger partial charge >= 0.3 is 12.1 Å². The van der Waals surface area contributed by atoms with Crippen molar-refractivity contribution in [3.8, 4) is 0 Å². The maximum Gasteiger partial charge on any atom is 0.342 e. The standard InChI is InChI=1S/C4H8N4O2/c1-6-4(10)8-2-7-3(5)9/h2H,1H3,(H4,5,6,7,8,9,10). The largest absolute Gasteiger partial charge is 0.351 e. The lowest BCUT2D eigenvalue weighted by Crippen LogP contribution is -2.28. The van der Waals surface area contributed by atoms with Crippen LogP contribution in [0.4, 0.5) is 9.59 Å². The van der Waals surface area contributed by atoms with E-state index in [0.29, 0.717) is 0 Å². The van der Waals surface area contributed by atoms with Crippen molar-refractivity contribution >= 4 is 18.4 Å². The maximum atomic E-state index is 10.3. The third kappa shape index (κ3) is 4.57. The van der Waals surface area contributed by atoms with Crippen LogP contribution in [0, 0.1) is 0 Å². The summed E-state index contributed by atoms with van der Waals surface area (Å²) in [6, 6.07) is -1.30. The predicted octanol–water partition coefficient (Wildman–Crippen LogP) is -0.978. The zero-order chi connectivity index (χ0) is 7.98. The Morgan fingerprint density at radius 2 is 2.20 bits per heavy atom. The molecule has 0 rings (SSSR count). The van der Waals surface area contributed by atoms with Gasteiger partial charge in [0.2, 0.25) is 0 Å². The van der Waals surface area contributed by atoms with Crippen LogP contribution < -0.4 is 16.4 Å². The number of primary amides is 1. The van der Waals surface area contributed by atoms with Gasteiger partial charge in [-0.1, -0.05) is 0 Å². The van der Waals surface area contributed by atoms with Crippen LogP contribution in [0.2, 0.25) is 0 Å². The van der Waals surface area contributed by atoms with Gasteiger partial charge in [-0.2, -0.15) is 4.99 Å². The van der Waals surface area contributed by atoms with Crippen molar-refractivity contribution in [3.63, 3.8) is 0 Å². The molecular formula is C4H8N4O2. The number of amides is 4. The average molecular weight is 144 g/mol. The van der Waals surface area contributed by atoms with Gasteiger partial charge in [-0.15, -0.1) is 0 Å². The zero-order valence-electron chi connectivity index (χ0n) is 5.42. The highest BCUT2D eigenvalue weighted by Crippen LogP contribution is 1.65. The second-order valence-corrected chi connectivity index (χ2v) is 1.32. The fourth-order valence-corrected chi connectivity index (χ4v) is 0.219. The predicted molar refractivity (Wildman–Crippen MR) is 35.7 cm³/mol. The van der Waals surface area contributed by atoms with Gasteiger partial charge < -0.3 is 11.1 Å². The molecule has 0 aromatic carbocycles. The van der Waals surface area contributed by atoms with E-state index < -0.39 is 12.1 Å². The molecular weight excluding hydrogens is 136 g/mol. The summed E-state index contributed by atoms with van der Waals surface area (Å²) in [5.74, 6) is 0. The summed E-state index contributed by atoms with van der Waals surface area (Å²) in [7, 11) is 1.42. The lowest BCUT2D eigenvalue weighted by Gasteiger charge is -1.89. The van der Waals surface area contributed by atoms with Gasteiger partial charge in [0.25, 0.3) is 0 Å². The first-order valence-corrected chi connectivity index (χ1v) is 2.47. The molecule has 0 spiro atoms. The highest BCUT2D eigenvalue weighted by atomic mass is 16.2. The van der Waals surface area contributed by atoms with Crippen LogP contribution in [-0.4, -0.2) is 25.4 Å². The lowest BCUT2D eigenvalue weighted by atomic mass is 10.9. The van der Waals surface area contributed by atoms with E-state index in [4.69, 9.17) is 0 Å². The van der Waals surface area contributed by atoms with Crippen molar-refractivity contribution < 1.29 is 9.59 Å². The van der Waals surface area contributed by atoms with E-state index in [1.165, 1.54) is 7.05 Å². The third-order valence-electron chi connectivity index (χ3n) is 0.602. The molecule has 0 aromatic rings. The van der Waals surface area contributed by atoms with Gasteiger partial charge in [0.15, 0.2) is 0 Å². The van der Waals surface area contributed by atoms with Gasteiger partial charge in [-0.05, 0) is 0 Å². The van der Waals surface area contributed by atoms with Gasteiger partial charge in [0.1, 0.15) is 6.34 Å². The number of hydrogen-bond acceptors (Lipinski definition) is 2. The van der Waals surface area contributed by atoms with E-state index in [9.17, 15) is 9.59 Å².